The second-order valence-corrected chi connectivity index (χ2v) is 4.41. The summed E-state index contributed by atoms with van der Waals surface area (Å²) < 4.78 is 5.48. The number of rotatable bonds is 4. The molecular weight excluding hydrogens is 230 g/mol. The molecule has 1 aromatic heterocycles. The van der Waals surface area contributed by atoms with Crippen molar-refractivity contribution >= 4 is 16.9 Å². The molecule has 1 heterocycles. The average Bonchev–Trinajstić information content (AvgIpc) is 2.78. The molecule has 1 atom stereocenters. The van der Waals surface area contributed by atoms with Gasteiger partial charge in [-0.2, -0.15) is 0 Å². The SMILES string of the molecule is CC[C@@H](CO)NC(=O)c1cc2cc(C)ccc2o1. The number of amides is 1. The molecule has 0 unspecified atom stereocenters. The second-order valence-electron chi connectivity index (χ2n) is 4.41. The molecule has 0 aliphatic carbocycles. The molecule has 0 aliphatic heterocycles. The topological polar surface area (TPSA) is 62.5 Å². The van der Waals surface area contributed by atoms with Gasteiger partial charge in [-0.25, -0.2) is 0 Å². The fourth-order valence-corrected chi connectivity index (χ4v) is 1.81. The van der Waals surface area contributed by atoms with Crippen molar-refractivity contribution in [3.05, 3.63) is 35.6 Å². The van der Waals surface area contributed by atoms with Crippen LogP contribution in [0.15, 0.2) is 28.7 Å². The monoisotopic (exact) mass is 247 g/mol. The highest BCUT2D eigenvalue weighted by Gasteiger charge is 2.15. The maximum absolute atomic E-state index is 11.9. The lowest BCUT2D eigenvalue weighted by Gasteiger charge is -2.12. The number of aliphatic hydroxyl groups excluding tert-OH is 1. The molecule has 96 valence electrons. The van der Waals surface area contributed by atoms with E-state index in [-0.39, 0.29) is 24.3 Å². The van der Waals surface area contributed by atoms with E-state index in [0.717, 1.165) is 10.9 Å². The van der Waals surface area contributed by atoms with Gasteiger partial charge in [-0.05, 0) is 31.5 Å². The van der Waals surface area contributed by atoms with Gasteiger partial charge < -0.3 is 14.8 Å². The smallest absolute Gasteiger partial charge is 0.287 e. The van der Waals surface area contributed by atoms with Crippen LogP contribution in [0.25, 0.3) is 11.0 Å². The molecular formula is C14H17NO3. The van der Waals surface area contributed by atoms with Gasteiger partial charge in [0, 0.05) is 5.39 Å². The maximum Gasteiger partial charge on any atom is 0.287 e. The van der Waals surface area contributed by atoms with Crippen molar-refractivity contribution in [1.29, 1.82) is 0 Å². The van der Waals surface area contributed by atoms with Gasteiger partial charge in [-0.3, -0.25) is 4.79 Å². The van der Waals surface area contributed by atoms with E-state index in [4.69, 9.17) is 9.52 Å². The van der Waals surface area contributed by atoms with Crippen molar-refractivity contribution < 1.29 is 14.3 Å². The summed E-state index contributed by atoms with van der Waals surface area (Å²) in [7, 11) is 0. The van der Waals surface area contributed by atoms with E-state index >= 15 is 0 Å². The summed E-state index contributed by atoms with van der Waals surface area (Å²) in [6.07, 6.45) is 0.682. The van der Waals surface area contributed by atoms with Gasteiger partial charge >= 0.3 is 0 Å². The molecule has 1 amide bonds. The first kappa shape index (κ1) is 12.6. The Hall–Kier alpha value is -1.81. The lowest BCUT2D eigenvalue weighted by atomic mass is 10.2. The van der Waals surface area contributed by atoms with Crippen LogP contribution in [-0.2, 0) is 0 Å². The summed E-state index contributed by atoms with van der Waals surface area (Å²) in [5.41, 5.74) is 1.82. The molecule has 1 aromatic carbocycles. The third-order valence-electron chi connectivity index (χ3n) is 2.94. The quantitative estimate of drug-likeness (QED) is 0.871. The second kappa shape index (κ2) is 5.23. The zero-order valence-corrected chi connectivity index (χ0v) is 10.6. The lowest BCUT2D eigenvalue weighted by molar-refractivity contribution is 0.0889. The van der Waals surface area contributed by atoms with Crippen molar-refractivity contribution in [3.63, 3.8) is 0 Å². The summed E-state index contributed by atoms with van der Waals surface area (Å²) in [5, 5.41) is 12.7. The molecule has 4 nitrogen and oxygen atoms in total. The summed E-state index contributed by atoms with van der Waals surface area (Å²) in [6.45, 7) is 3.83. The van der Waals surface area contributed by atoms with Gasteiger partial charge in [0.2, 0.25) is 0 Å². The van der Waals surface area contributed by atoms with E-state index in [0.29, 0.717) is 12.0 Å². The Morgan fingerprint density at radius 2 is 2.22 bits per heavy atom. The molecule has 0 saturated heterocycles. The first-order valence-electron chi connectivity index (χ1n) is 6.06. The van der Waals surface area contributed by atoms with Crippen LogP contribution in [0.4, 0.5) is 0 Å². The number of carbonyl (C=O) groups is 1. The minimum Gasteiger partial charge on any atom is -0.451 e. The highest BCUT2D eigenvalue weighted by molar-refractivity contribution is 5.96. The van der Waals surface area contributed by atoms with Gasteiger partial charge in [0.1, 0.15) is 5.58 Å². The van der Waals surface area contributed by atoms with Crippen LogP contribution in [0.5, 0.6) is 0 Å². The highest BCUT2D eigenvalue weighted by Crippen LogP contribution is 2.20. The van der Waals surface area contributed by atoms with Crippen LogP contribution in [0, 0.1) is 6.92 Å². The normalized spacial score (nSPS) is 12.6. The largest absolute Gasteiger partial charge is 0.451 e. The predicted octanol–water partition coefficient (Wildman–Crippen LogP) is 2.24. The first-order valence-corrected chi connectivity index (χ1v) is 6.06. The number of aryl methyl sites for hydroxylation is 1. The standard InChI is InChI=1S/C14H17NO3/c1-3-11(8-16)15-14(17)13-7-10-6-9(2)4-5-12(10)18-13/h4-7,11,16H,3,8H2,1-2H3,(H,15,17)/t11-/m0/s1. The number of carbonyl (C=O) groups excluding carboxylic acids is 1. The fourth-order valence-electron chi connectivity index (χ4n) is 1.81. The molecule has 2 rings (SSSR count). The number of benzene rings is 1. The van der Waals surface area contributed by atoms with Crippen molar-refractivity contribution in [2.45, 2.75) is 26.3 Å². The Balaban J connectivity index is 2.23. The summed E-state index contributed by atoms with van der Waals surface area (Å²) >= 11 is 0. The van der Waals surface area contributed by atoms with Crippen LogP contribution in [-0.4, -0.2) is 23.7 Å². The van der Waals surface area contributed by atoms with Crippen LogP contribution < -0.4 is 5.32 Å². The molecule has 0 bridgehead atoms. The molecule has 0 fully saturated rings. The van der Waals surface area contributed by atoms with Crippen LogP contribution in [0.1, 0.15) is 29.5 Å². The van der Waals surface area contributed by atoms with Crippen molar-refractivity contribution in [2.24, 2.45) is 0 Å². The van der Waals surface area contributed by atoms with Crippen LogP contribution in [0.3, 0.4) is 0 Å². The number of fused-ring (bicyclic) bond motifs is 1. The van der Waals surface area contributed by atoms with E-state index < -0.39 is 0 Å². The number of furan rings is 1. The summed E-state index contributed by atoms with van der Waals surface area (Å²) in [6, 6.07) is 7.26. The Labute approximate surface area is 106 Å². The Morgan fingerprint density at radius 3 is 2.89 bits per heavy atom. The minimum absolute atomic E-state index is 0.0679. The van der Waals surface area contributed by atoms with Crippen molar-refractivity contribution in [3.8, 4) is 0 Å². The van der Waals surface area contributed by atoms with Crippen LogP contribution in [0.2, 0.25) is 0 Å². The lowest BCUT2D eigenvalue weighted by Crippen LogP contribution is -2.36. The minimum atomic E-state index is -0.287. The zero-order valence-electron chi connectivity index (χ0n) is 10.6. The maximum atomic E-state index is 11.9. The number of hydrogen-bond acceptors (Lipinski definition) is 3. The van der Waals surface area contributed by atoms with Gasteiger partial charge in [0.05, 0.1) is 12.6 Å². The van der Waals surface area contributed by atoms with E-state index in [1.807, 2.05) is 32.0 Å². The first-order chi connectivity index (χ1) is 8.63. The molecule has 18 heavy (non-hydrogen) atoms. The molecule has 0 saturated carbocycles. The Morgan fingerprint density at radius 1 is 1.44 bits per heavy atom. The molecule has 2 N–H and O–H groups in total. The number of nitrogens with one attached hydrogen (secondary N) is 1. The zero-order chi connectivity index (χ0) is 13.1. The fraction of sp³-hybridized carbons (Fsp3) is 0.357. The molecule has 0 spiro atoms. The number of aliphatic hydroxyl groups is 1. The van der Waals surface area contributed by atoms with Crippen molar-refractivity contribution in [1.82, 2.24) is 5.32 Å². The Bertz CT molecular complexity index is 555. The van der Waals surface area contributed by atoms with Gasteiger partial charge in [-0.15, -0.1) is 0 Å². The van der Waals surface area contributed by atoms with E-state index in [1.165, 1.54) is 0 Å². The Kier molecular flexibility index (Phi) is 3.67. The van der Waals surface area contributed by atoms with Gasteiger partial charge in [-0.1, -0.05) is 18.6 Å². The van der Waals surface area contributed by atoms with E-state index in [2.05, 4.69) is 5.32 Å². The third-order valence-corrected chi connectivity index (χ3v) is 2.94. The van der Waals surface area contributed by atoms with E-state index in [1.54, 1.807) is 6.07 Å². The molecule has 0 aliphatic rings. The third kappa shape index (κ3) is 2.54. The highest BCUT2D eigenvalue weighted by atomic mass is 16.3. The van der Waals surface area contributed by atoms with E-state index in [9.17, 15) is 4.79 Å². The average molecular weight is 247 g/mol. The summed E-state index contributed by atoms with van der Waals surface area (Å²) in [4.78, 5) is 11.9. The van der Waals surface area contributed by atoms with Gasteiger partial charge in [0.15, 0.2) is 5.76 Å². The predicted molar refractivity (Wildman–Crippen MR) is 69.6 cm³/mol. The van der Waals surface area contributed by atoms with Gasteiger partial charge in [0.25, 0.3) is 5.91 Å². The van der Waals surface area contributed by atoms with Crippen molar-refractivity contribution in [2.75, 3.05) is 6.61 Å². The van der Waals surface area contributed by atoms with Crippen LogP contribution >= 0.6 is 0 Å². The summed E-state index contributed by atoms with van der Waals surface area (Å²) in [5.74, 6) is -0.00717. The molecule has 4 heteroatoms. The molecule has 0 radical (unpaired) electrons. The molecule has 2 aromatic rings. The number of hydrogen-bond donors (Lipinski definition) is 2.